The molecule has 3 aromatic rings. The summed E-state index contributed by atoms with van der Waals surface area (Å²) in [5.41, 5.74) is 1.19. The van der Waals surface area contributed by atoms with Gasteiger partial charge in [0.05, 0.1) is 20.3 Å². The predicted octanol–water partition coefficient (Wildman–Crippen LogP) is 5.19. The van der Waals surface area contributed by atoms with E-state index in [2.05, 4.69) is 21.2 Å². The Bertz CT molecular complexity index is 904. The fourth-order valence-electron chi connectivity index (χ4n) is 2.64. The van der Waals surface area contributed by atoms with Crippen molar-refractivity contribution in [1.82, 2.24) is 5.32 Å². The third-order valence-electron chi connectivity index (χ3n) is 4.01. The third-order valence-corrected chi connectivity index (χ3v) is 5.73. The molecule has 4 nitrogen and oxygen atoms in total. The molecule has 1 amide bonds. The molecule has 0 aliphatic heterocycles. The molecule has 3 rings (SSSR count). The van der Waals surface area contributed by atoms with Crippen LogP contribution >= 0.6 is 27.3 Å². The third kappa shape index (κ3) is 4.31. The van der Waals surface area contributed by atoms with Crippen molar-refractivity contribution in [3.8, 4) is 11.5 Å². The number of halogens is 2. The molecule has 1 heterocycles. The number of hydrogen-bond acceptors (Lipinski definition) is 4. The minimum Gasteiger partial charge on any atom is -0.495 e. The number of carbonyl (C=O) groups is 1. The first-order valence-corrected chi connectivity index (χ1v) is 9.72. The lowest BCUT2D eigenvalue weighted by molar-refractivity contribution is 0.0942. The van der Waals surface area contributed by atoms with Crippen LogP contribution in [0.4, 0.5) is 4.39 Å². The summed E-state index contributed by atoms with van der Waals surface area (Å²) in [7, 11) is 3.04. The Balaban J connectivity index is 1.94. The molecule has 0 spiro atoms. The van der Waals surface area contributed by atoms with Crippen LogP contribution in [0.5, 0.6) is 11.5 Å². The van der Waals surface area contributed by atoms with Crippen molar-refractivity contribution in [1.29, 1.82) is 0 Å². The zero-order valence-electron chi connectivity index (χ0n) is 14.7. The first-order chi connectivity index (χ1) is 13.0. The molecule has 27 heavy (non-hydrogen) atoms. The predicted molar refractivity (Wildman–Crippen MR) is 107 cm³/mol. The molecular weight excluding hydrogens is 433 g/mol. The standard InChI is InChI=1S/C20H17BrFNO3S/c1-25-15-10-13(11-16(26-2)18(15)21)20(24)23-19(17-4-3-9-27-17)12-5-7-14(22)8-6-12/h3-11,19H,1-2H3,(H,23,24). The van der Waals surface area contributed by atoms with Gasteiger partial charge < -0.3 is 14.8 Å². The van der Waals surface area contributed by atoms with Crippen LogP contribution in [0.15, 0.2) is 58.4 Å². The molecular formula is C20H17BrFNO3S. The first-order valence-electron chi connectivity index (χ1n) is 8.04. The highest BCUT2D eigenvalue weighted by Gasteiger charge is 2.21. The molecule has 1 atom stereocenters. The number of methoxy groups -OCH3 is 2. The van der Waals surface area contributed by atoms with Gasteiger partial charge in [-0.1, -0.05) is 18.2 Å². The molecule has 0 aliphatic carbocycles. The normalized spacial score (nSPS) is 11.7. The summed E-state index contributed by atoms with van der Waals surface area (Å²) in [6, 6.07) is 12.8. The van der Waals surface area contributed by atoms with Crippen LogP contribution in [-0.2, 0) is 0 Å². The zero-order chi connectivity index (χ0) is 19.4. The lowest BCUT2D eigenvalue weighted by Gasteiger charge is -2.19. The largest absolute Gasteiger partial charge is 0.495 e. The van der Waals surface area contributed by atoms with E-state index >= 15 is 0 Å². The van der Waals surface area contributed by atoms with E-state index in [1.54, 1.807) is 24.3 Å². The highest BCUT2D eigenvalue weighted by molar-refractivity contribution is 9.10. The van der Waals surface area contributed by atoms with Gasteiger partial charge in [-0.25, -0.2) is 4.39 Å². The summed E-state index contributed by atoms with van der Waals surface area (Å²) in [6.07, 6.45) is 0. The fraction of sp³-hybridized carbons (Fsp3) is 0.150. The molecule has 1 N–H and O–H groups in total. The maximum Gasteiger partial charge on any atom is 0.252 e. The second-order valence-corrected chi connectivity index (χ2v) is 7.44. The van der Waals surface area contributed by atoms with Crippen LogP contribution in [0.3, 0.4) is 0 Å². The van der Waals surface area contributed by atoms with Crippen molar-refractivity contribution in [2.45, 2.75) is 6.04 Å². The monoisotopic (exact) mass is 449 g/mol. The van der Waals surface area contributed by atoms with Crippen molar-refractivity contribution in [3.63, 3.8) is 0 Å². The van der Waals surface area contributed by atoms with E-state index < -0.39 is 6.04 Å². The molecule has 0 bridgehead atoms. The van der Waals surface area contributed by atoms with Crippen molar-refractivity contribution in [3.05, 3.63) is 80.2 Å². The number of rotatable bonds is 6. The van der Waals surface area contributed by atoms with Crippen molar-refractivity contribution < 1.29 is 18.7 Å². The van der Waals surface area contributed by atoms with Crippen LogP contribution < -0.4 is 14.8 Å². The summed E-state index contributed by atoms with van der Waals surface area (Å²) >= 11 is 4.91. The van der Waals surface area contributed by atoms with Crippen molar-refractivity contribution >= 4 is 33.2 Å². The van der Waals surface area contributed by atoms with Gasteiger partial charge in [0.2, 0.25) is 0 Å². The number of ether oxygens (including phenoxy) is 2. The van der Waals surface area contributed by atoms with Crippen LogP contribution in [-0.4, -0.2) is 20.1 Å². The van der Waals surface area contributed by atoms with E-state index in [0.717, 1.165) is 10.4 Å². The van der Waals surface area contributed by atoms with E-state index in [9.17, 15) is 9.18 Å². The number of amides is 1. The van der Waals surface area contributed by atoms with E-state index in [1.165, 1.54) is 37.7 Å². The number of benzene rings is 2. The molecule has 1 unspecified atom stereocenters. The summed E-state index contributed by atoms with van der Waals surface area (Å²) in [6.45, 7) is 0. The summed E-state index contributed by atoms with van der Waals surface area (Å²) in [5, 5.41) is 4.95. The maximum absolute atomic E-state index is 13.3. The van der Waals surface area contributed by atoms with E-state index in [0.29, 0.717) is 21.5 Å². The minimum absolute atomic E-state index is 0.290. The molecule has 2 aromatic carbocycles. The van der Waals surface area contributed by atoms with Gasteiger partial charge in [0, 0.05) is 10.4 Å². The highest BCUT2D eigenvalue weighted by atomic mass is 79.9. The van der Waals surface area contributed by atoms with E-state index in [1.807, 2.05) is 17.5 Å². The first kappa shape index (κ1) is 19.4. The Labute approximate surface area is 169 Å². The molecule has 1 aromatic heterocycles. The summed E-state index contributed by atoms with van der Waals surface area (Å²) < 4.78 is 24.6. The quantitative estimate of drug-likeness (QED) is 0.563. The SMILES string of the molecule is COc1cc(C(=O)NC(c2ccc(F)cc2)c2cccs2)cc(OC)c1Br. The van der Waals surface area contributed by atoms with Crippen molar-refractivity contribution in [2.75, 3.05) is 14.2 Å². The number of hydrogen-bond donors (Lipinski definition) is 1. The number of carbonyl (C=O) groups excluding carboxylic acids is 1. The topological polar surface area (TPSA) is 47.6 Å². The molecule has 0 aliphatic rings. The maximum atomic E-state index is 13.3. The van der Waals surface area contributed by atoms with Gasteiger partial charge in [0.1, 0.15) is 21.8 Å². The minimum atomic E-state index is -0.390. The smallest absolute Gasteiger partial charge is 0.252 e. The Morgan fingerprint density at radius 2 is 1.74 bits per heavy atom. The Morgan fingerprint density at radius 3 is 2.26 bits per heavy atom. The van der Waals surface area contributed by atoms with Crippen molar-refractivity contribution in [2.24, 2.45) is 0 Å². The van der Waals surface area contributed by atoms with Gasteiger partial charge in [0.15, 0.2) is 0 Å². The van der Waals surface area contributed by atoms with Gasteiger partial charge in [-0.2, -0.15) is 0 Å². The zero-order valence-corrected chi connectivity index (χ0v) is 17.1. The fourth-order valence-corrected chi connectivity index (χ4v) is 4.00. The summed E-state index contributed by atoms with van der Waals surface area (Å²) in [4.78, 5) is 13.9. The van der Waals surface area contributed by atoms with Gasteiger partial charge in [-0.15, -0.1) is 11.3 Å². The second kappa shape index (κ2) is 8.54. The molecule has 0 saturated heterocycles. The lowest BCUT2D eigenvalue weighted by atomic mass is 10.0. The molecule has 140 valence electrons. The van der Waals surface area contributed by atoms with Gasteiger partial charge in [-0.3, -0.25) is 4.79 Å². The Morgan fingerprint density at radius 1 is 1.11 bits per heavy atom. The Kier molecular flexibility index (Phi) is 6.13. The van der Waals surface area contributed by atoms with Crippen LogP contribution in [0.2, 0.25) is 0 Å². The lowest BCUT2D eigenvalue weighted by Crippen LogP contribution is -2.29. The average molecular weight is 450 g/mol. The molecule has 0 saturated carbocycles. The average Bonchev–Trinajstić information content (AvgIpc) is 3.21. The van der Waals surface area contributed by atoms with E-state index in [-0.39, 0.29) is 11.7 Å². The number of nitrogens with one attached hydrogen (secondary N) is 1. The molecule has 7 heteroatoms. The molecule has 0 fully saturated rings. The second-order valence-electron chi connectivity index (χ2n) is 5.67. The van der Waals surface area contributed by atoms with Gasteiger partial charge in [0.25, 0.3) is 5.91 Å². The van der Waals surface area contributed by atoms with E-state index in [4.69, 9.17) is 9.47 Å². The van der Waals surface area contributed by atoms with Crippen LogP contribution in [0.1, 0.15) is 26.8 Å². The highest BCUT2D eigenvalue weighted by Crippen LogP contribution is 2.36. The van der Waals surface area contributed by atoms with Crippen LogP contribution in [0, 0.1) is 5.82 Å². The van der Waals surface area contributed by atoms with Gasteiger partial charge in [-0.05, 0) is 57.2 Å². The van der Waals surface area contributed by atoms with Gasteiger partial charge >= 0.3 is 0 Å². The number of thiophene rings is 1. The summed E-state index contributed by atoms with van der Waals surface area (Å²) in [5.74, 6) is 0.377. The van der Waals surface area contributed by atoms with Crippen LogP contribution in [0.25, 0.3) is 0 Å². The Hall–Kier alpha value is -2.38. The molecule has 0 radical (unpaired) electrons.